The lowest BCUT2D eigenvalue weighted by atomic mass is 9.93. The first kappa shape index (κ1) is 16.8. The molecule has 2 aliphatic heterocycles. The normalized spacial score (nSPS) is 25.0. The lowest BCUT2D eigenvalue weighted by Crippen LogP contribution is -2.51. The Morgan fingerprint density at radius 2 is 2.08 bits per heavy atom. The first-order valence-corrected chi connectivity index (χ1v) is 8.40. The summed E-state index contributed by atoms with van der Waals surface area (Å²) in [5, 5.41) is 7.29. The number of nitrogens with one attached hydrogen (secondary N) is 1. The average molecular weight is 331 g/mol. The fourth-order valence-electron chi connectivity index (χ4n) is 3.18. The Hall–Kier alpha value is -2.08. The molecule has 0 aliphatic carbocycles. The molecule has 24 heavy (non-hydrogen) atoms. The monoisotopic (exact) mass is 331 g/mol. The third-order valence-electron chi connectivity index (χ3n) is 4.81. The van der Waals surface area contributed by atoms with E-state index in [9.17, 15) is 4.79 Å². The molecule has 0 aromatic heterocycles. The number of ether oxygens (including phenoxy) is 1. The summed E-state index contributed by atoms with van der Waals surface area (Å²) >= 11 is 0. The molecule has 130 valence electrons. The van der Waals surface area contributed by atoms with Crippen LogP contribution in [0.15, 0.2) is 29.4 Å². The lowest BCUT2D eigenvalue weighted by molar-refractivity contribution is -0.142. The van der Waals surface area contributed by atoms with Crippen molar-refractivity contribution < 1.29 is 14.4 Å². The highest BCUT2D eigenvalue weighted by molar-refractivity contribution is 6.07. The van der Waals surface area contributed by atoms with E-state index in [0.717, 1.165) is 43.0 Å². The van der Waals surface area contributed by atoms with Crippen LogP contribution in [-0.2, 0) is 9.63 Å². The van der Waals surface area contributed by atoms with Crippen molar-refractivity contribution in [3.8, 4) is 5.75 Å². The van der Waals surface area contributed by atoms with E-state index in [0.29, 0.717) is 6.42 Å². The Morgan fingerprint density at radius 3 is 2.79 bits per heavy atom. The van der Waals surface area contributed by atoms with Crippen molar-refractivity contribution in [1.82, 2.24) is 10.2 Å². The smallest absolute Gasteiger partial charge is 0.267 e. The summed E-state index contributed by atoms with van der Waals surface area (Å²) in [6, 6.07) is 7.86. The second-order valence-electron chi connectivity index (χ2n) is 6.79. The van der Waals surface area contributed by atoms with Gasteiger partial charge in [-0.25, -0.2) is 0 Å². The molecule has 3 rings (SSSR count). The SMILES string of the molecule is COc1ccccc1C1=NOC(C)(C(=O)NC2CCN(C)CC2)C1. The van der Waals surface area contributed by atoms with Crippen LogP contribution >= 0.6 is 0 Å². The Kier molecular flexibility index (Phi) is 4.76. The lowest BCUT2D eigenvalue weighted by Gasteiger charge is -2.31. The average Bonchev–Trinajstić information content (AvgIpc) is 3.00. The second kappa shape index (κ2) is 6.81. The molecule has 2 heterocycles. The maximum absolute atomic E-state index is 12.7. The minimum absolute atomic E-state index is 0.0919. The number of benzene rings is 1. The first-order valence-electron chi connectivity index (χ1n) is 8.40. The number of piperidine rings is 1. The molecule has 0 saturated carbocycles. The number of nitrogens with zero attached hydrogens (tertiary/aromatic N) is 2. The van der Waals surface area contributed by atoms with E-state index in [4.69, 9.17) is 9.57 Å². The highest BCUT2D eigenvalue weighted by Crippen LogP contribution is 2.30. The van der Waals surface area contributed by atoms with Gasteiger partial charge in [0, 0.05) is 18.0 Å². The molecule has 1 unspecified atom stereocenters. The van der Waals surface area contributed by atoms with Crippen molar-refractivity contribution in [3.63, 3.8) is 0 Å². The zero-order valence-electron chi connectivity index (χ0n) is 14.5. The standard InChI is InChI=1S/C18H25N3O3/c1-18(17(22)19-13-8-10-21(2)11-9-13)12-15(20-24-18)14-6-4-5-7-16(14)23-3/h4-7,13H,8-12H2,1-3H3,(H,19,22). The number of para-hydroxylation sites is 1. The Bertz CT molecular complexity index is 638. The van der Waals surface area contributed by atoms with Crippen molar-refractivity contribution >= 4 is 11.6 Å². The molecular weight excluding hydrogens is 306 g/mol. The minimum Gasteiger partial charge on any atom is -0.496 e. The van der Waals surface area contributed by atoms with Crippen LogP contribution in [0.25, 0.3) is 0 Å². The number of carbonyl (C=O) groups is 1. The minimum atomic E-state index is -0.959. The van der Waals surface area contributed by atoms with Crippen molar-refractivity contribution in [2.24, 2.45) is 5.16 Å². The Labute approximate surface area is 142 Å². The predicted molar refractivity (Wildman–Crippen MR) is 92.3 cm³/mol. The van der Waals surface area contributed by atoms with Crippen LogP contribution in [0.3, 0.4) is 0 Å². The van der Waals surface area contributed by atoms with Crippen molar-refractivity contribution in [2.75, 3.05) is 27.2 Å². The maximum atomic E-state index is 12.7. The van der Waals surface area contributed by atoms with Crippen LogP contribution < -0.4 is 10.1 Å². The van der Waals surface area contributed by atoms with Crippen molar-refractivity contribution in [2.45, 2.75) is 37.8 Å². The molecule has 1 saturated heterocycles. The van der Waals surface area contributed by atoms with Crippen LogP contribution in [0, 0.1) is 0 Å². The van der Waals surface area contributed by atoms with E-state index in [1.807, 2.05) is 24.3 Å². The summed E-state index contributed by atoms with van der Waals surface area (Å²) in [5.74, 6) is 0.644. The van der Waals surface area contributed by atoms with Crippen LogP contribution in [0.2, 0.25) is 0 Å². The zero-order valence-corrected chi connectivity index (χ0v) is 14.5. The van der Waals surface area contributed by atoms with Gasteiger partial charge in [-0.3, -0.25) is 4.79 Å². The number of amides is 1. The van der Waals surface area contributed by atoms with E-state index < -0.39 is 5.60 Å². The van der Waals surface area contributed by atoms with Gasteiger partial charge in [-0.15, -0.1) is 0 Å². The summed E-state index contributed by atoms with van der Waals surface area (Å²) in [6.45, 7) is 3.81. The predicted octanol–water partition coefficient (Wildman–Crippen LogP) is 1.79. The molecule has 2 aliphatic rings. The van der Waals surface area contributed by atoms with Crippen LogP contribution in [0.1, 0.15) is 31.7 Å². The summed E-state index contributed by atoms with van der Waals surface area (Å²) < 4.78 is 5.38. The van der Waals surface area contributed by atoms with E-state index >= 15 is 0 Å². The number of hydrogen-bond donors (Lipinski definition) is 1. The number of methoxy groups -OCH3 is 1. The van der Waals surface area contributed by atoms with E-state index in [1.54, 1.807) is 14.0 Å². The fourth-order valence-corrected chi connectivity index (χ4v) is 3.18. The van der Waals surface area contributed by atoms with Crippen molar-refractivity contribution in [1.29, 1.82) is 0 Å². The number of carbonyl (C=O) groups excluding carboxylic acids is 1. The van der Waals surface area contributed by atoms with Gasteiger partial charge >= 0.3 is 0 Å². The van der Waals surface area contributed by atoms with Crippen molar-refractivity contribution in [3.05, 3.63) is 29.8 Å². The van der Waals surface area contributed by atoms with Gasteiger partial charge in [0.1, 0.15) is 5.75 Å². The molecule has 1 aromatic carbocycles. The van der Waals surface area contributed by atoms with E-state index in [-0.39, 0.29) is 11.9 Å². The van der Waals surface area contributed by atoms with Crippen LogP contribution in [0.4, 0.5) is 0 Å². The quantitative estimate of drug-likeness (QED) is 0.914. The summed E-state index contributed by atoms with van der Waals surface area (Å²) in [7, 11) is 3.73. The van der Waals surface area contributed by atoms with Crippen LogP contribution in [-0.4, -0.2) is 55.4 Å². The molecule has 1 amide bonds. The van der Waals surface area contributed by atoms with Gasteiger partial charge in [-0.1, -0.05) is 17.3 Å². The molecule has 1 N–H and O–H groups in total. The molecule has 6 heteroatoms. The number of likely N-dealkylation sites (tertiary alicyclic amines) is 1. The molecule has 1 atom stereocenters. The second-order valence-corrected chi connectivity index (χ2v) is 6.79. The molecule has 6 nitrogen and oxygen atoms in total. The number of oxime groups is 1. The zero-order chi connectivity index (χ0) is 17.2. The number of rotatable bonds is 4. The van der Waals surface area contributed by atoms with E-state index in [1.165, 1.54) is 0 Å². The molecule has 0 bridgehead atoms. The summed E-state index contributed by atoms with van der Waals surface area (Å²) in [6.07, 6.45) is 2.38. The number of hydrogen-bond acceptors (Lipinski definition) is 5. The van der Waals surface area contributed by atoms with E-state index in [2.05, 4.69) is 22.4 Å². The first-order chi connectivity index (χ1) is 11.5. The van der Waals surface area contributed by atoms with Gasteiger partial charge in [0.05, 0.1) is 12.8 Å². The maximum Gasteiger partial charge on any atom is 0.267 e. The van der Waals surface area contributed by atoms with Gasteiger partial charge in [-0.05, 0) is 52.0 Å². The van der Waals surface area contributed by atoms with Crippen LogP contribution in [0.5, 0.6) is 5.75 Å². The Balaban J connectivity index is 1.65. The van der Waals surface area contributed by atoms with Gasteiger partial charge in [0.25, 0.3) is 5.91 Å². The van der Waals surface area contributed by atoms with Gasteiger partial charge < -0.3 is 19.8 Å². The highest BCUT2D eigenvalue weighted by atomic mass is 16.7. The van der Waals surface area contributed by atoms with Gasteiger partial charge in [0.15, 0.2) is 0 Å². The molecule has 1 aromatic rings. The molecular formula is C18H25N3O3. The fraction of sp³-hybridized carbons (Fsp3) is 0.556. The molecule has 0 spiro atoms. The highest BCUT2D eigenvalue weighted by Gasteiger charge is 2.43. The molecule has 1 fully saturated rings. The molecule has 0 radical (unpaired) electrons. The third-order valence-corrected chi connectivity index (χ3v) is 4.81. The summed E-state index contributed by atoms with van der Waals surface area (Å²) in [5.41, 5.74) is 0.656. The largest absolute Gasteiger partial charge is 0.496 e. The summed E-state index contributed by atoms with van der Waals surface area (Å²) in [4.78, 5) is 20.5. The van der Waals surface area contributed by atoms with Gasteiger partial charge in [-0.2, -0.15) is 0 Å². The topological polar surface area (TPSA) is 63.2 Å². The Morgan fingerprint density at radius 1 is 1.38 bits per heavy atom. The van der Waals surface area contributed by atoms with Gasteiger partial charge in [0.2, 0.25) is 5.60 Å². The third kappa shape index (κ3) is 3.38.